The number of piperidine rings is 1. The number of carbonyl (C=O) groups is 2. The second-order valence-corrected chi connectivity index (χ2v) is 9.52. The van der Waals surface area contributed by atoms with Gasteiger partial charge in [0.15, 0.2) is 0 Å². The van der Waals surface area contributed by atoms with E-state index in [2.05, 4.69) is 12.2 Å². The molecule has 9 heteroatoms. The molecule has 0 aliphatic carbocycles. The van der Waals surface area contributed by atoms with E-state index >= 15 is 0 Å². The van der Waals surface area contributed by atoms with E-state index < -0.39 is 0 Å². The molecule has 1 atom stereocenters. The van der Waals surface area contributed by atoms with E-state index in [0.29, 0.717) is 60.3 Å². The molecule has 1 fully saturated rings. The lowest BCUT2D eigenvalue weighted by Gasteiger charge is -2.39. The fraction of sp³-hybridized carbons (Fsp3) is 0.429. The van der Waals surface area contributed by atoms with Gasteiger partial charge in [-0.3, -0.25) is 14.5 Å². The van der Waals surface area contributed by atoms with Gasteiger partial charge in [0, 0.05) is 32.1 Å². The molecule has 8 nitrogen and oxygen atoms in total. The summed E-state index contributed by atoms with van der Waals surface area (Å²) in [6, 6.07) is 12.7. The molecule has 0 bridgehead atoms. The molecule has 1 N–H and O–H groups in total. The third kappa shape index (κ3) is 5.80. The van der Waals surface area contributed by atoms with Gasteiger partial charge in [-0.2, -0.15) is 0 Å². The Morgan fingerprint density at radius 3 is 2.30 bits per heavy atom. The standard InChI is InChI=1S/C28H34ClN3O5/c1-4-5-13-25-30-18-20(28(34)32(25)26-23(35-2)11-8-12-24(26)36-3)27(33)31-16-14-19(15-17-31)37-22-10-7-6-9-21(22)29/h6-12,18-19,25,30H,4-5,13-17H2,1-3H3. The molecule has 0 spiro atoms. The van der Waals surface area contributed by atoms with Crippen LogP contribution in [0.4, 0.5) is 5.69 Å². The summed E-state index contributed by atoms with van der Waals surface area (Å²) in [6.45, 7) is 3.06. The van der Waals surface area contributed by atoms with Gasteiger partial charge >= 0.3 is 0 Å². The number of nitrogens with one attached hydrogen (secondary N) is 1. The quantitative estimate of drug-likeness (QED) is 0.473. The number of anilines is 1. The molecule has 0 aromatic heterocycles. The van der Waals surface area contributed by atoms with Gasteiger partial charge in [0.05, 0.1) is 19.2 Å². The molecule has 0 saturated carbocycles. The van der Waals surface area contributed by atoms with E-state index in [9.17, 15) is 9.59 Å². The first-order chi connectivity index (χ1) is 18.0. The van der Waals surface area contributed by atoms with Crippen molar-refractivity contribution < 1.29 is 23.8 Å². The number of unbranched alkanes of at least 4 members (excludes halogenated alkanes) is 1. The first-order valence-corrected chi connectivity index (χ1v) is 13.1. The van der Waals surface area contributed by atoms with Crippen LogP contribution >= 0.6 is 11.6 Å². The van der Waals surface area contributed by atoms with E-state index in [4.69, 9.17) is 25.8 Å². The van der Waals surface area contributed by atoms with Crippen molar-refractivity contribution in [3.8, 4) is 17.2 Å². The summed E-state index contributed by atoms with van der Waals surface area (Å²) in [5, 5.41) is 3.86. The second kappa shape index (κ2) is 12.2. The number of rotatable bonds is 9. The molecule has 2 aromatic rings. The van der Waals surface area contributed by atoms with Crippen molar-refractivity contribution in [2.24, 2.45) is 0 Å². The number of methoxy groups -OCH3 is 2. The van der Waals surface area contributed by atoms with Crippen LogP contribution in [0, 0.1) is 0 Å². The molecule has 2 amide bonds. The highest BCUT2D eigenvalue weighted by Crippen LogP contribution is 2.40. The molecule has 0 radical (unpaired) electrons. The van der Waals surface area contributed by atoms with Crippen molar-refractivity contribution in [3.63, 3.8) is 0 Å². The average Bonchev–Trinajstić information content (AvgIpc) is 2.93. The van der Waals surface area contributed by atoms with Crippen LogP contribution in [0.5, 0.6) is 17.2 Å². The fourth-order valence-electron chi connectivity index (χ4n) is 4.74. The lowest BCUT2D eigenvalue weighted by molar-refractivity contribution is -0.131. The van der Waals surface area contributed by atoms with E-state index in [0.717, 1.165) is 12.8 Å². The molecule has 198 valence electrons. The van der Waals surface area contributed by atoms with Gasteiger partial charge in [-0.05, 0) is 37.1 Å². The molecule has 2 aliphatic rings. The minimum absolute atomic E-state index is 0.0501. The lowest BCUT2D eigenvalue weighted by atomic mass is 10.0. The molecule has 2 heterocycles. The van der Waals surface area contributed by atoms with E-state index in [-0.39, 0.29) is 29.7 Å². The number of nitrogens with zero attached hydrogens (tertiary/aromatic N) is 2. The molecule has 4 rings (SSSR count). The first-order valence-electron chi connectivity index (χ1n) is 12.7. The van der Waals surface area contributed by atoms with Crippen LogP contribution in [-0.2, 0) is 9.59 Å². The third-order valence-corrected chi connectivity index (χ3v) is 7.06. The third-order valence-electron chi connectivity index (χ3n) is 6.74. The number of hydrogen-bond donors (Lipinski definition) is 1. The molecule has 1 saturated heterocycles. The molecule has 37 heavy (non-hydrogen) atoms. The van der Waals surface area contributed by atoms with Crippen LogP contribution in [0.25, 0.3) is 0 Å². The van der Waals surface area contributed by atoms with Crippen LogP contribution in [-0.4, -0.2) is 56.3 Å². The van der Waals surface area contributed by atoms with Gasteiger partial charge in [0.25, 0.3) is 11.8 Å². The first kappa shape index (κ1) is 26.7. The van der Waals surface area contributed by atoms with Crippen LogP contribution in [0.15, 0.2) is 54.2 Å². The number of likely N-dealkylation sites (tertiary alicyclic amines) is 1. The Kier molecular flexibility index (Phi) is 8.82. The van der Waals surface area contributed by atoms with Crippen LogP contribution in [0.1, 0.15) is 39.0 Å². The van der Waals surface area contributed by atoms with E-state index in [1.54, 1.807) is 54.5 Å². The topological polar surface area (TPSA) is 80.3 Å². The molecule has 2 aliphatic heterocycles. The van der Waals surface area contributed by atoms with Gasteiger partial charge in [-0.1, -0.05) is 43.1 Å². The van der Waals surface area contributed by atoms with Gasteiger partial charge in [0.2, 0.25) is 0 Å². The van der Waals surface area contributed by atoms with Crippen molar-refractivity contribution in [1.82, 2.24) is 10.2 Å². The Morgan fingerprint density at radius 2 is 1.68 bits per heavy atom. The highest BCUT2D eigenvalue weighted by molar-refractivity contribution is 6.32. The second-order valence-electron chi connectivity index (χ2n) is 9.11. The van der Waals surface area contributed by atoms with Gasteiger partial charge < -0.3 is 24.4 Å². The zero-order chi connectivity index (χ0) is 26.4. The number of ether oxygens (including phenoxy) is 3. The monoisotopic (exact) mass is 527 g/mol. The van der Waals surface area contributed by atoms with Gasteiger partial charge in [0.1, 0.15) is 40.8 Å². The zero-order valence-electron chi connectivity index (χ0n) is 21.5. The van der Waals surface area contributed by atoms with Crippen molar-refractivity contribution in [1.29, 1.82) is 0 Å². The minimum Gasteiger partial charge on any atom is -0.494 e. The van der Waals surface area contributed by atoms with Crippen LogP contribution < -0.4 is 24.4 Å². The number of carbonyl (C=O) groups excluding carboxylic acids is 2. The van der Waals surface area contributed by atoms with E-state index in [1.165, 1.54) is 0 Å². The highest BCUT2D eigenvalue weighted by atomic mass is 35.5. The molecular formula is C28H34ClN3O5. The predicted octanol–water partition coefficient (Wildman–Crippen LogP) is 4.76. The Morgan fingerprint density at radius 1 is 1.03 bits per heavy atom. The van der Waals surface area contributed by atoms with E-state index in [1.807, 2.05) is 18.2 Å². The largest absolute Gasteiger partial charge is 0.494 e. The summed E-state index contributed by atoms with van der Waals surface area (Å²) >= 11 is 6.23. The maximum Gasteiger partial charge on any atom is 0.267 e. The predicted molar refractivity (Wildman–Crippen MR) is 143 cm³/mol. The average molecular weight is 528 g/mol. The van der Waals surface area contributed by atoms with Gasteiger partial charge in [-0.15, -0.1) is 0 Å². The SMILES string of the molecule is CCCCC1NC=C(C(=O)N2CCC(Oc3ccccc3Cl)CC2)C(=O)N1c1c(OC)cccc1OC. The van der Waals surface area contributed by atoms with Crippen molar-refractivity contribution >= 4 is 29.1 Å². The number of para-hydroxylation sites is 2. The van der Waals surface area contributed by atoms with Crippen LogP contribution in [0.3, 0.4) is 0 Å². The normalized spacial score (nSPS) is 18.2. The summed E-state index contributed by atoms with van der Waals surface area (Å²) in [5.41, 5.74) is 0.600. The Bertz CT molecular complexity index is 1120. The number of halogens is 1. The van der Waals surface area contributed by atoms with Crippen molar-refractivity contribution in [2.45, 2.75) is 51.3 Å². The molecule has 1 unspecified atom stereocenters. The summed E-state index contributed by atoms with van der Waals surface area (Å²) in [5.74, 6) is 0.968. The number of benzene rings is 2. The number of hydrogen-bond acceptors (Lipinski definition) is 6. The highest BCUT2D eigenvalue weighted by Gasteiger charge is 2.39. The van der Waals surface area contributed by atoms with Crippen LogP contribution in [0.2, 0.25) is 5.02 Å². The van der Waals surface area contributed by atoms with Crippen molar-refractivity contribution in [3.05, 3.63) is 59.3 Å². The Balaban J connectivity index is 1.52. The lowest BCUT2D eigenvalue weighted by Crippen LogP contribution is -2.55. The summed E-state index contributed by atoms with van der Waals surface area (Å²) in [6.07, 6.45) is 5.08. The van der Waals surface area contributed by atoms with Crippen molar-refractivity contribution in [2.75, 3.05) is 32.2 Å². The van der Waals surface area contributed by atoms with Gasteiger partial charge in [-0.25, -0.2) is 0 Å². The fourth-order valence-corrected chi connectivity index (χ4v) is 4.92. The summed E-state index contributed by atoms with van der Waals surface area (Å²) in [7, 11) is 3.11. The smallest absolute Gasteiger partial charge is 0.267 e. The minimum atomic E-state index is -0.373. The maximum atomic E-state index is 13.9. The summed E-state index contributed by atoms with van der Waals surface area (Å²) in [4.78, 5) is 30.7. The molecule has 2 aromatic carbocycles. The zero-order valence-corrected chi connectivity index (χ0v) is 22.3. The molecular weight excluding hydrogens is 494 g/mol. The Labute approximate surface area is 223 Å². The Hall–Kier alpha value is -3.39. The number of amides is 2. The maximum absolute atomic E-state index is 13.9. The summed E-state index contributed by atoms with van der Waals surface area (Å²) < 4.78 is 17.2.